The zero-order valence-electron chi connectivity index (χ0n) is 16.8. The Balaban J connectivity index is 1.38. The van der Waals surface area contributed by atoms with Crippen molar-refractivity contribution < 1.29 is 18.7 Å². The number of carbonyl (C=O) groups excluding carboxylic acids is 1. The fraction of sp³-hybridized carbons (Fsp3) is 0.318. The molecule has 2 heterocycles. The molecule has 0 bridgehead atoms. The lowest BCUT2D eigenvalue weighted by Gasteiger charge is -2.24. The van der Waals surface area contributed by atoms with Crippen LogP contribution in [-0.2, 0) is 24.4 Å². The van der Waals surface area contributed by atoms with Crippen molar-refractivity contribution in [3.05, 3.63) is 76.9 Å². The number of fused-ring (bicyclic) bond motifs is 1. The molecule has 1 N–H and O–H groups in total. The summed E-state index contributed by atoms with van der Waals surface area (Å²) in [5.41, 5.74) is 2.69. The van der Waals surface area contributed by atoms with Gasteiger partial charge in [0.15, 0.2) is 5.69 Å². The van der Waals surface area contributed by atoms with Gasteiger partial charge in [-0.3, -0.25) is 4.79 Å². The number of nitrogens with one attached hydrogen (secondary N) is 1. The Bertz CT molecular complexity index is 1020. The molecule has 0 unspecified atom stereocenters. The first-order valence-corrected chi connectivity index (χ1v) is 9.83. The predicted octanol–water partition coefficient (Wildman–Crippen LogP) is 3.41. The van der Waals surface area contributed by atoms with Gasteiger partial charge in [-0.1, -0.05) is 29.5 Å². The molecule has 1 aromatic heterocycles. The molecule has 7 nitrogen and oxygen atoms in total. The lowest BCUT2D eigenvalue weighted by Crippen LogP contribution is -2.27. The Morgan fingerprint density at radius 2 is 1.97 bits per heavy atom. The molecule has 0 aliphatic carbocycles. The van der Waals surface area contributed by atoms with E-state index >= 15 is 0 Å². The number of halogens is 1. The molecule has 1 aliphatic heterocycles. The maximum atomic E-state index is 13.1. The van der Waals surface area contributed by atoms with E-state index in [0.29, 0.717) is 18.8 Å². The van der Waals surface area contributed by atoms with Gasteiger partial charge in [0.25, 0.3) is 5.91 Å². The fourth-order valence-electron chi connectivity index (χ4n) is 3.29. The summed E-state index contributed by atoms with van der Waals surface area (Å²) in [6.45, 7) is 4.93. The summed E-state index contributed by atoms with van der Waals surface area (Å²) in [7, 11) is 0. The molecule has 0 saturated carbocycles. The molecule has 0 radical (unpaired) electrons. The average molecular weight is 410 g/mol. The van der Waals surface area contributed by atoms with Gasteiger partial charge in [0, 0.05) is 6.54 Å². The first-order valence-electron chi connectivity index (χ1n) is 9.83. The lowest BCUT2D eigenvalue weighted by molar-refractivity contribution is -0.00180. The van der Waals surface area contributed by atoms with Crippen LogP contribution in [0.2, 0.25) is 0 Å². The lowest BCUT2D eigenvalue weighted by atomic mass is 10.1. The first-order chi connectivity index (χ1) is 14.5. The standard InChI is InChI=1S/C22H23FN4O3/c1-14(2)30-18-9-3-15(4-10-18)11-24-22(28)21-19-13-29-20(12-27(19)26-25-21)16-5-7-17(23)8-6-16/h3-10,14,20H,11-13H2,1-2H3,(H,24,28)/t20-/m1/s1. The normalized spacial score (nSPS) is 15.7. The molecule has 0 spiro atoms. The van der Waals surface area contributed by atoms with E-state index in [1.165, 1.54) is 12.1 Å². The smallest absolute Gasteiger partial charge is 0.274 e. The number of aromatic nitrogens is 3. The van der Waals surface area contributed by atoms with Crippen LogP contribution in [0.1, 0.15) is 47.3 Å². The molecule has 1 atom stereocenters. The summed E-state index contributed by atoms with van der Waals surface area (Å²) in [5.74, 6) is 0.194. The van der Waals surface area contributed by atoms with Crippen LogP contribution in [0.15, 0.2) is 48.5 Å². The number of nitrogens with zero attached hydrogens (tertiary/aromatic N) is 3. The van der Waals surface area contributed by atoms with Gasteiger partial charge in [0.05, 0.1) is 24.9 Å². The van der Waals surface area contributed by atoms with E-state index in [1.807, 2.05) is 38.1 Å². The molecule has 4 rings (SSSR count). The van der Waals surface area contributed by atoms with Crippen LogP contribution >= 0.6 is 0 Å². The highest BCUT2D eigenvalue weighted by Crippen LogP contribution is 2.27. The van der Waals surface area contributed by atoms with Gasteiger partial charge >= 0.3 is 0 Å². The maximum Gasteiger partial charge on any atom is 0.274 e. The van der Waals surface area contributed by atoms with Crippen LogP contribution in [0.5, 0.6) is 5.75 Å². The summed E-state index contributed by atoms with van der Waals surface area (Å²) < 4.78 is 26.3. The van der Waals surface area contributed by atoms with E-state index in [4.69, 9.17) is 9.47 Å². The summed E-state index contributed by atoms with van der Waals surface area (Å²) >= 11 is 0. The van der Waals surface area contributed by atoms with Crippen molar-refractivity contribution in [1.29, 1.82) is 0 Å². The molecule has 1 aliphatic rings. The van der Waals surface area contributed by atoms with Gasteiger partial charge in [0.2, 0.25) is 0 Å². The maximum absolute atomic E-state index is 13.1. The van der Waals surface area contributed by atoms with E-state index in [2.05, 4.69) is 15.6 Å². The minimum Gasteiger partial charge on any atom is -0.491 e. The van der Waals surface area contributed by atoms with Crippen molar-refractivity contribution in [3.63, 3.8) is 0 Å². The third-order valence-corrected chi connectivity index (χ3v) is 4.80. The fourth-order valence-corrected chi connectivity index (χ4v) is 3.29. The van der Waals surface area contributed by atoms with Gasteiger partial charge in [-0.2, -0.15) is 0 Å². The van der Waals surface area contributed by atoms with Crippen LogP contribution in [0.25, 0.3) is 0 Å². The van der Waals surface area contributed by atoms with Crippen LogP contribution < -0.4 is 10.1 Å². The van der Waals surface area contributed by atoms with Gasteiger partial charge in [-0.05, 0) is 49.2 Å². The van der Waals surface area contributed by atoms with Crippen LogP contribution in [0, 0.1) is 5.82 Å². The molecule has 0 fully saturated rings. The highest BCUT2D eigenvalue weighted by Gasteiger charge is 2.27. The minimum absolute atomic E-state index is 0.111. The highest BCUT2D eigenvalue weighted by atomic mass is 19.1. The molecule has 30 heavy (non-hydrogen) atoms. The van der Waals surface area contributed by atoms with Crippen molar-refractivity contribution in [3.8, 4) is 5.75 Å². The number of hydrogen-bond acceptors (Lipinski definition) is 5. The molecule has 3 aromatic rings. The Morgan fingerprint density at radius 1 is 1.23 bits per heavy atom. The molecular weight excluding hydrogens is 387 g/mol. The van der Waals surface area contributed by atoms with Crippen molar-refractivity contribution in [2.45, 2.75) is 45.8 Å². The quantitative estimate of drug-likeness (QED) is 0.674. The molecule has 8 heteroatoms. The Morgan fingerprint density at radius 3 is 2.67 bits per heavy atom. The Hall–Kier alpha value is -3.26. The van der Waals surface area contributed by atoms with Gasteiger partial charge in [-0.15, -0.1) is 5.10 Å². The minimum atomic E-state index is -0.303. The summed E-state index contributed by atoms with van der Waals surface area (Å²) in [4.78, 5) is 12.6. The zero-order valence-corrected chi connectivity index (χ0v) is 16.8. The number of benzene rings is 2. The van der Waals surface area contributed by atoms with Crippen molar-refractivity contribution in [2.24, 2.45) is 0 Å². The summed E-state index contributed by atoms with van der Waals surface area (Å²) in [6.07, 6.45) is -0.151. The SMILES string of the molecule is CC(C)Oc1ccc(CNC(=O)c2nnn3c2CO[C@@H](c2ccc(F)cc2)C3)cc1. The Labute approximate surface area is 173 Å². The Kier molecular flexibility index (Phi) is 5.76. The van der Waals surface area contributed by atoms with E-state index in [0.717, 1.165) is 16.9 Å². The monoisotopic (exact) mass is 410 g/mol. The van der Waals surface area contributed by atoms with Crippen molar-refractivity contribution in [2.75, 3.05) is 0 Å². The van der Waals surface area contributed by atoms with E-state index < -0.39 is 0 Å². The van der Waals surface area contributed by atoms with Gasteiger partial charge < -0.3 is 14.8 Å². The third kappa shape index (κ3) is 4.49. The average Bonchev–Trinajstić information content (AvgIpc) is 3.16. The zero-order chi connectivity index (χ0) is 21.1. The second-order valence-corrected chi connectivity index (χ2v) is 7.41. The number of hydrogen-bond donors (Lipinski definition) is 1. The molecule has 1 amide bonds. The molecule has 156 valence electrons. The first kappa shape index (κ1) is 20.0. The van der Waals surface area contributed by atoms with Crippen LogP contribution in [-0.4, -0.2) is 27.0 Å². The number of ether oxygens (including phenoxy) is 2. The summed E-state index contributed by atoms with van der Waals surface area (Å²) in [6, 6.07) is 13.8. The summed E-state index contributed by atoms with van der Waals surface area (Å²) in [5, 5.41) is 11.0. The van der Waals surface area contributed by atoms with E-state index in [-0.39, 0.29) is 36.2 Å². The molecule has 2 aromatic carbocycles. The van der Waals surface area contributed by atoms with E-state index in [1.54, 1.807) is 16.8 Å². The second-order valence-electron chi connectivity index (χ2n) is 7.41. The second kappa shape index (κ2) is 8.62. The van der Waals surface area contributed by atoms with Crippen molar-refractivity contribution in [1.82, 2.24) is 20.3 Å². The van der Waals surface area contributed by atoms with Gasteiger partial charge in [0.1, 0.15) is 17.7 Å². The highest BCUT2D eigenvalue weighted by molar-refractivity contribution is 5.93. The largest absolute Gasteiger partial charge is 0.491 e. The topological polar surface area (TPSA) is 78.3 Å². The van der Waals surface area contributed by atoms with Crippen molar-refractivity contribution >= 4 is 5.91 Å². The van der Waals surface area contributed by atoms with Crippen LogP contribution in [0.3, 0.4) is 0 Å². The number of amides is 1. The predicted molar refractivity (Wildman–Crippen MR) is 107 cm³/mol. The molecular formula is C22H23FN4O3. The number of rotatable bonds is 6. The van der Waals surface area contributed by atoms with E-state index in [9.17, 15) is 9.18 Å². The molecule has 0 saturated heterocycles. The van der Waals surface area contributed by atoms with Gasteiger partial charge in [-0.25, -0.2) is 9.07 Å². The third-order valence-electron chi connectivity index (χ3n) is 4.80. The number of carbonyl (C=O) groups is 1. The van der Waals surface area contributed by atoms with Crippen LogP contribution in [0.4, 0.5) is 4.39 Å².